The van der Waals surface area contributed by atoms with Gasteiger partial charge >= 0.3 is 0 Å². The number of Topliss-reactive ketones (excluding diaryl/α,β-unsaturated/α-hetero) is 1. The van der Waals surface area contributed by atoms with Gasteiger partial charge in [0.25, 0.3) is 5.91 Å². The summed E-state index contributed by atoms with van der Waals surface area (Å²) in [5.41, 5.74) is 11.2. The Morgan fingerprint density at radius 3 is 2.48 bits per heavy atom. The second-order valence-corrected chi connectivity index (χ2v) is 9.78. The molecular weight excluding hydrogens is 459 g/mol. The Balaban J connectivity index is 1.88. The molecule has 3 N–H and O–H groups in total. The van der Waals surface area contributed by atoms with Gasteiger partial charge in [0.2, 0.25) is 0 Å². The summed E-state index contributed by atoms with van der Waals surface area (Å²) < 4.78 is 0. The number of nitriles is 1. The minimum absolute atomic E-state index is 0.0714. The molecule has 0 radical (unpaired) electrons. The standard InChI is InChI=1S/C25H22Cl2N4O2/c1-25(2)11-19-22(20(32)12-25)21(15-8-9-17(26)18(27)10-15)16(13-28)23(29)31(19)30-24(33)14-6-4-3-5-7-14/h3-10,21H,11-12,29H2,1-2H3,(H,30,33). The number of carbonyl (C=O) groups excluding carboxylic acids is 2. The Kier molecular flexibility index (Phi) is 5.96. The zero-order valence-corrected chi connectivity index (χ0v) is 19.7. The first kappa shape index (κ1) is 22.9. The first-order valence-corrected chi connectivity index (χ1v) is 11.2. The van der Waals surface area contributed by atoms with Gasteiger partial charge in [-0.25, -0.2) is 5.01 Å². The number of ketones is 1. The summed E-state index contributed by atoms with van der Waals surface area (Å²) in [6.07, 6.45) is 0.795. The van der Waals surface area contributed by atoms with Gasteiger partial charge in [0.15, 0.2) is 5.78 Å². The largest absolute Gasteiger partial charge is 0.383 e. The van der Waals surface area contributed by atoms with E-state index in [1.54, 1.807) is 42.5 Å². The van der Waals surface area contributed by atoms with E-state index in [0.717, 1.165) is 0 Å². The van der Waals surface area contributed by atoms with Crippen molar-refractivity contribution in [3.05, 3.63) is 92.4 Å². The fraction of sp³-hybridized carbons (Fsp3) is 0.240. The lowest BCUT2D eigenvalue weighted by Gasteiger charge is -2.43. The van der Waals surface area contributed by atoms with Gasteiger partial charge in [0.05, 0.1) is 33.3 Å². The van der Waals surface area contributed by atoms with E-state index in [1.165, 1.54) is 5.01 Å². The van der Waals surface area contributed by atoms with Gasteiger partial charge in [-0.15, -0.1) is 0 Å². The molecule has 1 aliphatic carbocycles. The van der Waals surface area contributed by atoms with Crippen LogP contribution in [0.3, 0.4) is 0 Å². The molecule has 0 spiro atoms. The molecular formula is C25H22Cl2N4O2. The van der Waals surface area contributed by atoms with Gasteiger partial charge in [0.1, 0.15) is 5.82 Å². The molecule has 8 heteroatoms. The summed E-state index contributed by atoms with van der Waals surface area (Å²) in [5, 5.41) is 12.1. The summed E-state index contributed by atoms with van der Waals surface area (Å²) in [4.78, 5) is 26.4. The number of nitrogens with one attached hydrogen (secondary N) is 1. The maximum atomic E-state index is 13.4. The molecule has 0 fully saturated rings. The molecule has 1 aliphatic heterocycles. The van der Waals surface area contributed by atoms with E-state index >= 15 is 0 Å². The lowest BCUT2D eigenvalue weighted by Crippen LogP contribution is -2.49. The Bertz CT molecular complexity index is 1260. The van der Waals surface area contributed by atoms with E-state index in [0.29, 0.717) is 45.3 Å². The van der Waals surface area contributed by atoms with Crippen LogP contribution in [0.4, 0.5) is 0 Å². The maximum Gasteiger partial charge on any atom is 0.270 e. The highest BCUT2D eigenvalue weighted by molar-refractivity contribution is 6.42. The van der Waals surface area contributed by atoms with Gasteiger partial charge < -0.3 is 5.73 Å². The molecule has 0 aromatic heterocycles. The molecule has 2 aromatic rings. The van der Waals surface area contributed by atoms with Crippen LogP contribution in [0.5, 0.6) is 0 Å². The predicted octanol–water partition coefficient (Wildman–Crippen LogP) is 5.07. The van der Waals surface area contributed by atoms with Crippen molar-refractivity contribution in [2.45, 2.75) is 32.6 Å². The second kappa shape index (κ2) is 8.58. The zero-order chi connectivity index (χ0) is 23.9. The fourth-order valence-corrected chi connectivity index (χ4v) is 4.72. The smallest absolute Gasteiger partial charge is 0.270 e. The molecule has 1 atom stereocenters. The maximum absolute atomic E-state index is 13.4. The Morgan fingerprint density at radius 1 is 1.15 bits per heavy atom. The number of halogens is 2. The lowest BCUT2D eigenvalue weighted by atomic mass is 9.69. The van der Waals surface area contributed by atoms with E-state index in [-0.39, 0.29) is 22.6 Å². The van der Waals surface area contributed by atoms with Crippen molar-refractivity contribution in [3.8, 4) is 6.07 Å². The molecule has 2 aliphatic rings. The van der Waals surface area contributed by atoms with Crippen LogP contribution in [0.15, 0.2) is 71.2 Å². The number of allylic oxidation sites excluding steroid dienone is 3. The minimum Gasteiger partial charge on any atom is -0.383 e. The number of nitrogens with two attached hydrogens (primary N) is 1. The van der Waals surface area contributed by atoms with Crippen LogP contribution in [0.2, 0.25) is 10.0 Å². The topological polar surface area (TPSA) is 99.2 Å². The van der Waals surface area contributed by atoms with Crippen LogP contribution < -0.4 is 11.2 Å². The van der Waals surface area contributed by atoms with E-state index in [9.17, 15) is 14.9 Å². The van der Waals surface area contributed by atoms with Gasteiger partial charge in [-0.3, -0.25) is 15.0 Å². The van der Waals surface area contributed by atoms with Gasteiger partial charge in [-0.05, 0) is 41.7 Å². The molecule has 0 saturated heterocycles. The summed E-state index contributed by atoms with van der Waals surface area (Å²) >= 11 is 12.3. The van der Waals surface area contributed by atoms with Crippen molar-refractivity contribution in [1.82, 2.24) is 10.4 Å². The van der Waals surface area contributed by atoms with Crippen LogP contribution in [0, 0.1) is 16.7 Å². The summed E-state index contributed by atoms with van der Waals surface area (Å²) in [6, 6.07) is 15.8. The van der Waals surface area contributed by atoms with Crippen molar-refractivity contribution < 1.29 is 9.59 Å². The molecule has 6 nitrogen and oxygen atoms in total. The number of rotatable bonds is 3. The van der Waals surface area contributed by atoms with Crippen molar-refractivity contribution in [3.63, 3.8) is 0 Å². The van der Waals surface area contributed by atoms with Crippen molar-refractivity contribution in [2.75, 3.05) is 0 Å². The molecule has 1 amide bonds. The van der Waals surface area contributed by atoms with Crippen LogP contribution >= 0.6 is 23.2 Å². The van der Waals surface area contributed by atoms with Gasteiger partial charge in [-0.2, -0.15) is 5.26 Å². The van der Waals surface area contributed by atoms with Crippen LogP contribution in [0.1, 0.15) is 48.5 Å². The summed E-state index contributed by atoms with van der Waals surface area (Å²) in [5.74, 6) is -1.13. The zero-order valence-electron chi connectivity index (χ0n) is 18.2. The van der Waals surface area contributed by atoms with E-state index in [4.69, 9.17) is 28.9 Å². The van der Waals surface area contributed by atoms with Crippen LogP contribution in [-0.2, 0) is 4.79 Å². The number of hydrazine groups is 1. The molecule has 0 saturated carbocycles. The highest BCUT2D eigenvalue weighted by Crippen LogP contribution is 2.49. The third-order valence-electron chi connectivity index (χ3n) is 5.91. The Morgan fingerprint density at radius 2 is 1.85 bits per heavy atom. The number of hydrogen-bond acceptors (Lipinski definition) is 5. The second-order valence-electron chi connectivity index (χ2n) is 8.96. The first-order valence-electron chi connectivity index (χ1n) is 10.4. The average Bonchev–Trinajstić information content (AvgIpc) is 2.77. The average molecular weight is 481 g/mol. The third-order valence-corrected chi connectivity index (χ3v) is 6.65. The van der Waals surface area contributed by atoms with Gasteiger partial charge in [-0.1, -0.05) is 61.3 Å². The first-order chi connectivity index (χ1) is 15.6. The quantitative estimate of drug-likeness (QED) is 0.638. The highest BCUT2D eigenvalue weighted by Gasteiger charge is 2.45. The van der Waals surface area contributed by atoms with Crippen molar-refractivity contribution in [2.24, 2.45) is 11.1 Å². The predicted molar refractivity (Wildman–Crippen MR) is 127 cm³/mol. The number of benzene rings is 2. The molecule has 33 heavy (non-hydrogen) atoms. The number of hydrogen-bond donors (Lipinski definition) is 2. The monoisotopic (exact) mass is 480 g/mol. The molecule has 1 unspecified atom stereocenters. The molecule has 168 valence electrons. The fourth-order valence-electron chi connectivity index (χ4n) is 4.42. The van der Waals surface area contributed by atoms with Crippen LogP contribution in [0.25, 0.3) is 0 Å². The molecule has 1 heterocycles. The number of carbonyl (C=O) groups is 2. The SMILES string of the molecule is CC1(C)CC(=O)C2=C(C1)N(NC(=O)c1ccccc1)C(N)=C(C#N)C2c1ccc(Cl)c(Cl)c1. The highest BCUT2D eigenvalue weighted by atomic mass is 35.5. The summed E-state index contributed by atoms with van der Waals surface area (Å²) in [6.45, 7) is 3.97. The Labute approximate surface area is 202 Å². The minimum atomic E-state index is -0.701. The van der Waals surface area contributed by atoms with E-state index in [2.05, 4.69) is 11.5 Å². The number of nitrogens with zero attached hydrogens (tertiary/aromatic N) is 2. The molecule has 2 aromatic carbocycles. The van der Waals surface area contributed by atoms with Crippen molar-refractivity contribution >= 4 is 34.9 Å². The van der Waals surface area contributed by atoms with Crippen molar-refractivity contribution in [1.29, 1.82) is 5.26 Å². The molecule has 4 rings (SSSR count). The molecule has 0 bridgehead atoms. The van der Waals surface area contributed by atoms with E-state index < -0.39 is 11.8 Å². The number of amides is 1. The Hall–Kier alpha value is -3.27. The normalized spacial score (nSPS) is 19.8. The van der Waals surface area contributed by atoms with Gasteiger partial charge in [0, 0.05) is 17.6 Å². The van der Waals surface area contributed by atoms with E-state index in [1.807, 2.05) is 19.9 Å². The van der Waals surface area contributed by atoms with Crippen LogP contribution in [-0.4, -0.2) is 16.7 Å². The summed E-state index contributed by atoms with van der Waals surface area (Å²) in [7, 11) is 0. The lowest BCUT2D eigenvalue weighted by molar-refractivity contribution is -0.118. The third kappa shape index (κ3) is 4.22.